The second-order valence-corrected chi connectivity index (χ2v) is 14.7. The van der Waals surface area contributed by atoms with E-state index in [0.29, 0.717) is 0 Å². The molecule has 96 valence electrons. The van der Waals surface area contributed by atoms with Crippen LogP contribution in [0.4, 0.5) is 0 Å². The van der Waals surface area contributed by atoms with E-state index in [4.69, 9.17) is 4.12 Å². The van der Waals surface area contributed by atoms with Gasteiger partial charge in [0.15, 0.2) is 8.32 Å². The molecule has 0 amide bonds. The van der Waals surface area contributed by atoms with Gasteiger partial charge in [0.05, 0.1) is 28.2 Å². The van der Waals surface area contributed by atoms with Crippen molar-refractivity contribution in [2.75, 3.05) is 28.2 Å². The SMILES string of the molecule is C=C[Si](C)(C=C)O[Si](C)(C)C.C[N+](C)(C)C. The van der Waals surface area contributed by atoms with Crippen LogP contribution in [0.2, 0.25) is 26.2 Å². The molecule has 0 saturated carbocycles. The first kappa shape index (κ1) is 18.2. The summed E-state index contributed by atoms with van der Waals surface area (Å²) in [5.74, 6) is 0. The summed E-state index contributed by atoms with van der Waals surface area (Å²) in [4.78, 5) is 0. The Morgan fingerprint density at radius 1 is 0.875 bits per heavy atom. The van der Waals surface area contributed by atoms with Crippen LogP contribution in [-0.2, 0) is 4.12 Å². The van der Waals surface area contributed by atoms with Crippen molar-refractivity contribution < 1.29 is 8.60 Å². The predicted octanol–water partition coefficient (Wildman–Crippen LogP) is 3.19. The Morgan fingerprint density at radius 3 is 1.19 bits per heavy atom. The zero-order chi connectivity index (χ0) is 13.6. The van der Waals surface area contributed by atoms with E-state index in [-0.39, 0.29) is 0 Å². The molecule has 0 bridgehead atoms. The minimum atomic E-state index is -1.74. The van der Waals surface area contributed by atoms with E-state index in [1.54, 1.807) is 0 Å². The molecule has 0 N–H and O–H groups in total. The molecular weight excluding hydrogens is 230 g/mol. The maximum Gasteiger partial charge on any atom is 0.226 e. The van der Waals surface area contributed by atoms with Crippen LogP contribution in [0.25, 0.3) is 0 Å². The van der Waals surface area contributed by atoms with Crippen molar-refractivity contribution in [1.82, 2.24) is 0 Å². The number of nitrogens with zero attached hydrogens (tertiary/aromatic N) is 1. The summed E-state index contributed by atoms with van der Waals surface area (Å²) in [6, 6.07) is 0. The van der Waals surface area contributed by atoms with Gasteiger partial charge in [-0.3, -0.25) is 0 Å². The summed E-state index contributed by atoms with van der Waals surface area (Å²) in [6.45, 7) is 16.2. The number of quaternary nitrogens is 1. The first-order valence-electron chi connectivity index (χ1n) is 5.59. The van der Waals surface area contributed by atoms with Gasteiger partial charge in [0.1, 0.15) is 0 Å². The van der Waals surface area contributed by atoms with Crippen LogP contribution in [0.1, 0.15) is 0 Å². The van der Waals surface area contributed by atoms with Crippen LogP contribution in [0.15, 0.2) is 24.6 Å². The molecule has 4 heteroatoms. The zero-order valence-electron chi connectivity index (χ0n) is 12.4. The average Bonchev–Trinajstić information content (AvgIpc) is 1.98. The van der Waals surface area contributed by atoms with E-state index in [1.807, 2.05) is 11.4 Å². The lowest BCUT2D eigenvalue weighted by Crippen LogP contribution is -2.41. The van der Waals surface area contributed by atoms with E-state index in [1.165, 1.54) is 0 Å². The van der Waals surface area contributed by atoms with Crippen LogP contribution in [0.3, 0.4) is 0 Å². The molecule has 0 aliphatic heterocycles. The number of hydrogen-bond acceptors (Lipinski definition) is 1. The Balaban J connectivity index is 0. The molecule has 2 nitrogen and oxygen atoms in total. The molecular formula is C12H30NOSi2+. The highest BCUT2D eigenvalue weighted by Gasteiger charge is 2.28. The van der Waals surface area contributed by atoms with Gasteiger partial charge in [0.25, 0.3) is 0 Å². The van der Waals surface area contributed by atoms with Crippen molar-refractivity contribution in [2.45, 2.75) is 26.2 Å². The molecule has 0 aromatic rings. The van der Waals surface area contributed by atoms with Crippen molar-refractivity contribution in [3.63, 3.8) is 0 Å². The van der Waals surface area contributed by atoms with Gasteiger partial charge in [-0.05, 0) is 26.2 Å². The molecule has 0 aliphatic carbocycles. The van der Waals surface area contributed by atoms with E-state index in [9.17, 15) is 0 Å². The summed E-state index contributed by atoms with van der Waals surface area (Å²) < 4.78 is 6.97. The normalized spacial score (nSPS) is 12.5. The lowest BCUT2D eigenvalue weighted by Gasteiger charge is -2.29. The van der Waals surface area contributed by atoms with Crippen molar-refractivity contribution >= 4 is 16.6 Å². The summed E-state index contributed by atoms with van der Waals surface area (Å²) >= 11 is 0. The van der Waals surface area contributed by atoms with Gasteiger partial charge in [-0.1, -0.05) is 11.4 Å². The van der Waals surface area contributed by atoms with Crippen molar-refractivity contribution in [3.8, 4) is 0 Å². The van der Waals surface area contributed by atoms with Gasteiger partial charge in [-0.2, -0.15) is 0 Å². The molecule has 0 radical (unpaired) electrons. The molecule has 0 aromatic heterocycles. The fourth-order valence-corrected chi connectivity index (χ4v) is 6.94. The highest BCUT2D eigenvalue weighted by Crippen LogP contribution is 2.15. The van der Waals surface area contributed by atoms with Crippen molar-refractivity contribution in [2.24, 2.45) is 0 Å². The molecule has 0 aliphatic rings. The smallest absolute Gasteiger partial charge is 0.226 e. The van der Waals surface area contributed by atoms with Gasteiger partial charge >= 0.3 is 0 Å². The fraction of sp³-hybridized carbons (Fsp3) is 0.667. The summed E-state index contributed by atoms with van der Waals surface area (Å²) in [7, 11) is 5.34. The van der Waals surface area contributed by atoms with Crippen LogP contribution in [0, 0.1) is 0 Å². The molecule has 0 atom stereocenters. The number of rotatable bonds is 4. The molecule has 0 rings (SSSR count). The molecule has 0 unspecified atom stereocenters. The van der Waals surface area contributed by atoms with Crippen LogP contribution < -0.4 is 0 Å². The molecule has 0 aromatic carbocycles. The van der Waals surface area contributed by atoms with Gasteiger partial charge in [-0.15, -0.1) is 13.2 Å². The quantitative estimate of drug-likeness (QED) is 0.557. The van der Waals surface area contributed by atoms with E-state index in [0.717, 1.165) is 4.48 Å². The van der Waals surface area contributed by atoms with Gasteiger partial charge in [-0.25, -0.2) is 0 Å². The van der Waals surface area contributed by atoms with E-state index in [2.05, 4.69) is 67.5 Å². The summed E-state index contributed by atoms with van der Waals surface area (Å²) in [5.41, 5.74) is 3.86. The second kappa shape index (κ2) is 6.54. The first-order chi connectivity index (χ1) is 6.83. The third-order valence-corrected chi connectivity index (χ3v) is 7.17. The molecule has 0 spiro atoms. The predicted molar refractivity (Wildman–Crippen MR) is 80.4 cm³/mol. The summed E-state index contributed by atoms with van der Waals surface area (Å²) in [6.07, 6.45) is 0. The Hall–Kier alpha value is -0.166. The standard InChI is InChI=1S/C8H18OSi2.C4H12N/c1-7-11(6,8-2)9-10(3,4)5;1-5(2,3)4/h7-8H,1-2H2,3-6H3;1-4H3/q;+1. The molecule has 0 fully saturated rings. The van der Waals surface area contributed by atoms with Crippen molar-refractivity contribution in [3.05, 3.63) is 24.6 Å². The van der Waals surface area contributed by atoms with Gasteiger partial charge in [0, 0.05) is 0 Å². The molecule has 16 heavy (non-hydrogen) atoms. The number of hydrogen-bond donors (Lipinski definition) is 0. The maximum atomic E-state index is 5.97. The zero-order valence-corrected chi connectivity index (χ0v) is 14.4. The summed E-state index contributed by atoms with van der Waals surface area (Å²) in [5, 5.41) is 0. The Bertz CT molecular complexity index is 212. The second-order valence-electron chi connectivity index (χ2n) is 6.49. The van der Waals surface area contributed by atoms with Crippen LogP contribution in [0.5, 0.6) is 0 Å². The van der Waals surface area contributed by atoms with Crippen LogP contribution >= 0.6 is 0 Å². The largest absolute Gasteiger partial charge is 0.450 e. The van der Waals surface area contributed by atoms with Crippen LogP contribution in [-0.4, -0.2) is 49.3 Å². The van der Waals surface area contributed by atoms with E-state index < -0.39 is 16.6 Å². The monoisotopic (exact) mass is 260 g/mol. The first-order valence-corrected chi connectivity index (χ1v) is 11.6. The fourth-order valence-electron chi connectivity index (χ4n) is 0.826. The molecule has 0 heterocycles. The van der Waals surface area contributed by atoms with Gasteiger partial charge < -0.3 is 8.60 Å². The minimum absolute atomic E-state index is 1.00. The third kappa shape index (κ3) is 16.3. The van der Waals surface area contributed by atoms with Crippen molar-refractivity contribution in [1.29, 1.82) is 0 Å². The Labute approximate surface area is 104 Å². The molecule has 0 saturated heterocycles. The average molecular weight is 261 g/mol. The van der Waals surface area contributed by atoms with Gasteiger partial charge in [0.2, 0.25) is 8.32 Å². The topological polar surface area (TPSA) is 9.23 Å². The minimum Gasteiger partial charge on any atom is -0.450 e. The highest BCUT2D eigenvalue weighted by atomic mass is 28.4. The highest BCUT2D eigenvalue weighted by molar-refractivity contribution is 6.90. The Kier molecular flexibility index (Phi) is 7.44. The van der Waals surface area contributed by atoms with E-state index >= 15 is 0 Å². The lowest BCUT2D eigenvalue weighted by atomic mass is 10.8. The third-order valence-electron chi connectivity index (χ3n) is 1.34. The maximum absolute atomic E-state index is 5.97. The Morgan fingerprint density at radius 2 is 1.12 bits per heavy atom. The lowest BCUT2D eigenvalue weighted by molar-refractivity contribution is -0.849.